The van der Waals surface area contributed by atoms with Crippen molar-refractivity contribution < 1.29 is 51.0 Å². The van der Waals surface area contributed by atoms with Gasteiger partial charge in [-0.3, -0.25) is 0 Å². The zero-order valence-corrected chi connectivity index (χ0v) is 19.4. The van der Waals surface area contributed by atoms with Crippen molar-refractivity contribution >= 4 is 0 Å². The second-order valence-corrected chi connectivity index (χ2v) is 6.81. The predicted octanol–water partition coefficient (Wildman–Crippen LogP) is 0.274. The normalized spacial score (nSPS) is 29.5. The van der Waals surface area contributed by atoms with Crippen molar-refractivity contribution in [2.24, 2.45) is 23.7 Å². The van der Waals surface area contributed by atoms with E-state index in [1.54, 1.807) is 11.1 Å². The molecule has 0 aromatic rings. The van der Waals surface area contributed by atoms with Gasteiger partial charge in [-0.2, -0.15) is 0 Å². The van der Waals surface area contributed by atoms with Crippen LogP contribution >= 0.6 is 0 Å². The number of hydrogen-bond donors (Lipinski definition) is 0. The largest absolute Gasteiger partial charge is 4.00 e. The van der Waals surface area contributed by atoms with Gasteiger partial charge in [-0.1, -0.05) is 38.5 Å². The molecule has 0 aromatic carbocycles. The fourth-order valence-electron chi connectivity index (χ4n) is 3.93. The van der Waals surface area contributed by atoms with Gasteiger partial charge in [0.15, 0.2) is 0 Å². The molecular weight excluding hydrogens is 426 g/mol. The molecule has 0 aliphatic heterocycles. The summed E-state index contributed by atoms with van der Waals surface area (Å²) in [6.07, 6.45) is 23.5. The van der Waals surface area contributed by atoms with E-state index in [1.807, 2.05) is 0 Å². The summed E-state index contributed by atoms with van der Waals surface area (Å²) in [5.74, 6) is 3.35. The summed E-state index contributed by atoms with van der Waals surface area (Å²) in [7, 11) is 0. The molecule has 0 N–H and O–H groups in total. The Bertz CT molecular complexity index is 446. The zero-order chi connectivity index (χ0) is 15.9. The van der Waals surface area contributed by atoms with Gasteiger partial charge in [-0.15, -0.1) is 37.5 Å². The molecule has 0 amide bonds. The molecule has 0 nitrogen and oxygen atoms in total. The first-order valence-corrected chi connectivity index (χ1v) is 8.65. The van der Waals surface area contributed by atoms with Gasteiger partial charge in [0.2, 0.25) is 0 Å². The molecule has 0 saturated heterocycles. The fourth-order valence-corrected chi connectivity index (χ4v) is 3.93. The van der Waals surface area contributed by atoms with Gasteiger partial charge in [0.1, 0.15) is 0 Å². The maximum absolute atomic E-state index is 3.00. The maximum Gasteiger partial charge on any atom is 4.00 e. The Morgan fingerprint density at radius 1 is 0.800 bits per heavy atom. The van der Waals surface area contributed by atoms with Crippen molar-refractivity contribution in [1.29, 1.82) is 0 Å². The Balaban J connectivity index is 0. The summed E-state index contributed by atoms with van der Waals surface area (Å²) in [5, 5.41) is 0. The van der Waals surface area contributed by atoms with E-state index in [4.69, 9.17) is 0 Å². The van der Waals surface area contributed by atoms with Gasteiger partial charge in [0.05, 0.1) is 0 Å². The third-order valence-electron chi connectivity index (χ3n) is 4.90. The molecule has 0 aromatic heterocycles. The van der Waals surface area contributed by atoms with Gasteiger partial charge in [-0.05, 0) is 24.7 Å². The van der Waals surface area contributed by atoms with E-state index in [1.165, 1.54) is 25.7 Å². The van der Waals surface area contributed by atoms with Crippen LogP contribution in [0.1, 0.15) is 39.5 Å². The van der Waals surface area contributed by atoms with Crippen molar-refractivity contribution in [2.75, 3.05) is 0 Å². The second kappa shape index (κ2) is 14.0. The molecule has 136 valence electrons. The van der Waals surface area contributed by atoms with Crippen LogP contribution in [0.25, 0.3) is 0 Å². The van der Waals surface area contributed by atoms with Crippen molar-refractivity contribution in [1.82, 2.24) is 0 Å². The Labute approximate surface area is 186 Å². The first kappa shape index (κ1) is 27.1. The van der Waals surface area contributed by atoms with Gasteiger partial charge < -0.3 is 24.8 Å². The average Bonchev–Trinajstić information content (AvgIpc) is 3.10. The third-order valence-corrected chi connectivity index (χ3v) is 4.90. The van der Waals surface area contributed by atoms with Crippen LogP contribution in [0, 0.1) is 36.5 Å². The molecule has 0 spiro atoms. The van der Waals surface area contributed by atoms with E-state index in [2.05, 4.69) is 76.3 Å². The van der Waals surface area contributed by atoms with Crippen molar-refractivity contribution in [2.45, 2.75) is 39.5 Å². The van der Waals surface area contributed by atoms with Crippen LogP contribution < -0.4 is 24.8 Å². The molecule has 4 atom stereocenters. The molecule has 2 saturated carbocycles. The average molecular weight is 457 g/mol. The number of allylic oxidation sites excluding steroid dienone is 8. The number of rotatable bonds is 0. The molecule has 0 heterocycles. The molecule has 4 unspecified atom stereocenters. The minimum atomic E-state index is 0. The molecule has 2 fully saturated rings. The fraction of sp³-hybridized carbons (Fsp3) is 0.455. The molecule has 25 heavy (non-hydrogen) atoms. The van der Waals surface area contributed by atoms with Crippen LogP contribution in [0.4, 0.5) is 0 Å². The van der Waals surface area contributed by atoms with Crippen LogP contribution in [0.5, 0.6) is 0 Å². The molecule has 3 heteroatoms. The molecule has 4 rings (SSSR count). The minimum Gasteiger partial charge on any atom is -1.00 e. The first-order valence-electron chi connectivity index (χ1n) is 8.65. The topological polar surface area (TPSA) is 0 Å². The van der Waals surface area contributed by atoms with E-state index < -0.39 is 0 Å². The molecule has 0 bridgehead atoms. The Morgan fingerprint density at radius 2 is 1.16 bits per heavy atom. The second-order valence-electron chi connectivity index (χ2n) is 6.81. The van der Waals surface area contributed by atoms with Crippen LogP contribution in [0.15, 0.2) is 60.8 Å². The summed E-state index contributed by atoms with van der Waals surface area (Å²) in [5.41, 5.74) is 3.16. The maximum atomic E-state index is 3.00. The van der Waals surface area contributed by atoms with Gasteiger partial charge >= 0.3 is 26.2 Å². The van der Waals surface area contributed by atoms with Crippen molar-refractivity contribution in [3.63, 3.8) is 0 Å². The smallest absolute Gasteiger partial charge is 1.00 e. The van der Waals surface area contributed by atoms with E-state index >= 15 is 0 Å². The van der Waals surface area contributed by atoms with E-state index in [9.17, 15) is 0 Å². The van der Waals surface area contributed by atoms with Crippen LogP contribution in [0.3, 0.4) is 0 Å². The quantitative estimate of drug-likeness (QED) is 0.363. The Morgan fingerprint density at radius 3 is 1.48 bits per heavy atom. The first-order chi connectivity index (χ1) is 10.7. The standard InChI is InChI=1S/2C10H13.C2H4.2ClH.Zr/c2*1-8-6-9-4-2-3-5-10(9)7-8;1-2;;;/h2*2-4,6,8,10H,5,7H2,1H3;1-2H2;2*1H;/q2*-1;;;;+4/p-2. The number of hydrogen-bond acceptors (Lipinski definition) is 0. The summed E-state index contributed by atoms with van der Waals surface area (Å²) in [6.45, 7) is 10.6. The van der Waals surface area contributed by atoms with Crippen LogP contribution in [-0.4, -0.2) is 0 Å². The van der Waals surface area contributed by atoms with Gasteiger partial charge in [-0.25, -0.2) is 36.1 Å². The van der Waals surface area contributed by atoms with Gasteiger partial charge in [0.25, 0.3) is 0 Å². The van der Waals surface area contributed by atoms with E-state index in [-0.39, 0.29) is 51.0 Å². The zero-order valence-electron chi connectivity index (χ0n) is 15.4. The van der Waals surface area contributed by atoms with Crippen LogP contribution in [-0.2, 0) is 26.2 Å². The number of halogens is 2. The summed E-state index contributed by atoms with van der Waals surface area (Å²) in [4.78, 5) is 0. The molecule has 4 aliphatic carbocycles. The molecular formula is C22H30Cl2Zr. The minimum absolute atomic E-state index is 0. The third kappa shape index (κ3) is 7.98. The Kier molecular flexibility index (Phi) is 15.2. The summed E-state index contributed by atoms with van der Waals surface area (Å²) >= 11 is 0. The monoisotopic (exact) mass is 454 g/mol. The SMILES string of the molecule is C=C.CC1[CH-]C2=CC=CCC2C1.CC1[CH-]C2=CC=CCC2C1.[Cl-].[Cl-].[Zr+4]. The van der Waals surface area contributed by atoms with Crippen LogP contribution in [0.2, 0.25) is 0 Å². The van der Waals surface area contributed by atoms with E-state index in [0.29, 0.717) is 0 Å². The summed E-state index contributed by atoms with van der Waals surface area (Å²) < 4.78 is 0. The predicted molar refractivity (Wildman–Crippen MR) is 98.1 cm³/mol. The number of fused-ring (bicyclic) bond motifs is 2. The van der Waals surface area contributed by atoms with E-state index in [0.717, 1.165) is 23.7 Å². The molecule has 4 aliphatic rings. The molecule has 0 radical (unpaired) electrons. The summed E-state index contributed by atoms with van der Waals surface area (Å²) in [6, 6.07) is 0. The van der Waals surface area contributed by atoms with Crippen molar-refractivity contribution in [3.8, 4) is 0 Å². The van der Waals surface area contributed by atoms with Crippen molar-refractivity contribution in [3.05, 3.63) is 73.6 Å². The van der Waals surface area contributed by atoms with Gasteiger partial charge in [0, 0.05) is 0 Å². The Hall–Kier alpha value is -0.0969.